The molecular weight excluding hydrogens is 286 g/mol. The molecule has 0 aliphatic carbocycles. The van der Waals surface area contributed by atoms with Gasteiger partial charge in [0, 0.05) is 36.8 Å². The van der Waals surface area contributed by atoms with Gasteiger partial charge in [-0.25, -0.2) is 0 Å². The molecule has 0 bridgehead atoms. The molecule has 0 aromatic carbocycles. The van der Waals surface area contributed by atoms with Crippen LogP contribution < -0.4 is 0 Å². The molecule has 2 atom stereocenters. The van der Waals surface area contributed by atoms with Gasteiger partial charge in [0.2, 0.25) is 0 Å². The Labute approximate surface area is 144 Å². The Morgan fingerprint density at radius 2 is 1.61 bits per heavy atom. The predicted molar refractivity (Wildman–Crippen MR) is 98.0 cm³/mol. The number of hydrogen-bond donors (Lipinski definition) is 0. The van der Waals surface area contributed by atoms with Gasteiger partial charge in [-0.05, 0) is 74.0 Å². The van der Waals surface area contributed by atoms with Gasteiger partial charge in [0.1, 0.15) is 0 Å². The van der Waals surface area contributed by atoms with Crippen molar-refractivity contribution < 1.29 is 4.74 Å². The normalized spacial score (nSPS) is 28.2. The first-order valence-electron chi connectivity index (χ1n) is 9.34. The van der Waals surface area contributed by atoms with E-state index >= 15 is 0 Å². The SMILES string of the molecule is CN(C)C1CCN(C(C)(C)COCC2CCN(C(C)(C)C)C2)C1. The van der Waals surface area contributed by atoms with Crippen LogP contribution in [0.15, 0.2) is 0 Å². The number of ether oxygens (including phenoxy) is 1. The monoisotopic (exact) mass is 325 g/mol. The summed E-state index contributed by atoms with van der Waals surface area (Å²) in [4.78, 5) is 7.55. The molecule has 136 valence electrons. The summed E-state index contributed by atoms with van der Waals surface area (Å²) in [7, 11) is 4.39. The zero-order chi connectivity index (χ0) is 17.3. The van der Waals surface area contributed by atoms with Crippen molar-refractivity contribution in [3.8, 4) is 0 Å². The van der Waals surface area contributed by atoms with E-state index in [2.05, 4.69) is 63.4 Å². The van der Waals surface area contributed by atoms with Crippen molar-refractivity contribution in [1.29, 1.82) is 0 Å². The second kappa shape index (κ2) is 7.38. The lowest BCUT2D eigenvalue weighted by Crippen LogP contribution is -2.47. The highest BCUT2D eigenvalue weighted by atomic mass is 16.5. The Morgan fingerprint density at radius 1 is 0.957 bits per heavy atom. The van der Waals surface area contributed by atoms with E-state index in [1.807, 2.05) is 0 Å². The van der Waals surface area contributed by atoms with Crippen molar-refractivity contribution in [2.75, 3.05) is 53.5 Å². The van der Waals surface area contributed by atoms with Crippen LogP contribution in [-0.2, 0) is 4.74 Å². The largest absolute Gasteiger partial charge is 0.379 e. The number of nitrogens with zero attached hydrogens (tertiary/aromatic N) is 3. The Kier molecular flexibility index (Phi) is 6.15. The van der Waals surface area contributed by atoms with Crippen molar-refractivity contribution in [2.24, 2.45) is 5.92 Å². The van der Waals surface area contributed by atoms with Gasteiger partial charge in [-0.1, -0.05) is 0 Å². The van der Waals surface area contributed by atoms with E-state index in [1.54, 1.807) is 0 Å². The van der Waals surface area contributed by atoms with Crippen LogP contribution in [0.25, 0.3) is 0 Å². The van der Waals surface area contributed by atoms with E-state index in [9.17, 15) is 0 Å². The molecule has 0 N–H and O–H groups in total. The summed E-state index contributed by atoms with van der Waals surface area (Å²) in [6, 6.07) is 0.699. The fraction of sp³-hybridized carbons (Fsp3) is 1.00. The predicted octanol–water partition coefficient (Wildman–Crippen LogP) is 2.54. The van der Waals surface area contributed by atoms with Gasteiger partial charge in [0.15, 0.2) is 0 Å². The van der Waals surface area contributed by atoms with Crippen molar-refractivity contribution in [3.63, 3.8) is 0 Å². The summed E-state index contributed by atoms with van der Waals surface area (Å²) in [5, 5.41) is 0. The highest BCUT2D eigenvalue weighted by Gasteiger charge is 2.35. The highest BCUT2D eigenvalue weighted by molar-refractivity contribution is 4.91. The Morgan fingerprint density at radius 3 is 2.13 bits per heavy atom. The Hall–Kier alpha value is -0.160. The second-order valence-electron chi connectivity index (χ2n) is 9.45. The molecule has 0 saturated carbocycles. The standard InChI is InChI=1S/C19H39N3O/c1-18(2,3)21-10-8-16(12-21)14-23-15-19(4,5)22-11-9-17(13-22)20(6)7/h16-17H,8-15H2,1-7H3. The molecule has 2 unspecified atom stereocenters. The van der Waals surface area contributed by atoms with E-state index < -0.39 is 0 Å². The lowest BCUT2D eigenvalue weighted by Gasteiger charge is -2.36. The summed E-state index contributed by atoms with van der Waals surface area (Å²) < 4.78 is 6.17. The van der Waals surface area contributed by atoms with E-state index in [0.29, 0.717) is 17.5 Å². The molecular formula is C19H39N3O. The van der Waals surface area contributed by atoms with Crippen LogP contribution in [0.4, 0.5) is 0 Å². The quantitative estimate of drug-likeness (QED) is 0.747. The van der Waals surface area contributed by atoms with Crippen LogP contribution in [0.5, 0.6) is 0 Å². The molecule has 2 rings (SSSR count). The summed E-state index contributed by atoms with van der Waals surface area (Å²) in [5.74, 6) is 0.707. The molecule has 4 nitrogen and oxygen atoms in total. The number of hydrogen-bond acceptors (Lipinski definition) is 4. The lowest BCUT2D eigenvalue weighted by molar-refractivity contribution is 0.00681. The van der Waals surface area contributed by atoms with Gasteiger partial charge in [0.25, 0.3) is 0 Å². The van der Waals surface area contributed by atoms with Crippen LogP contribution in [0.2, 0.25) is 0 Å². The average Bonchev–Trinajstić information content (AvgIpc) is 3.07. The van der Waals surface area contributed by atoms with Gasteiger partial charge in [-0.3, -0.25) is 9.80 Å². The summed E-state index contributed by atoms with van der Waals surface area (Å²) in [6.07, 6.45) is 2.56. The maximum atomic E-state index is 6.17. The summed E-state index contributed by atoms with van der Waals surface area (Å²) in [5.41, 5.74) is 0.442. The minimum absolute atomic E-state index is 0.146. The minimum Gasteiger partial charge on any atom is -0.379 e. The highest BCUT2D eigenvalue weighted by Crippen LogP contribution is 2.26. The van der Waals surface area contributed by atoms with Crippen molar-refractivity contribution in [2.45, 2.75) is 64.6 Å². The van der Waals surface area contributed by atoms with E-state index in [1.165, 1.54) is 39.0 Å². The van der Waals surface area contributed by atoms with E-state index in [4.69, 9.17) is 4.74 Å². The first-order chi connectivity index (χ1) is 10.6. The first-order valence-corrected chi connectivity index (χ1v) is 9.34. The van der Waals surface area contributed by atoms with Gasteiger partial charge < -0.3 is 9.64 Å². The molecule has 0 aromatic heterocycles. The zero-order valence-electron chi connectivity index (χ0n) is 16.6. The molecule has 2 aliphatic heterocycles. The van der Waals surface area contributed by atoms with Crippen LogP contribution in [0, 0.1) is 5.92 Å². The lowest BCUT2D eigenvalue weighted by atomic mass is 10.0. The fourth-order valence-corrected chi connectivity index (χ4v) is 3.86. The topological polar surface area (TPSA) is 19.0 Å². The van der Waals surface area contributed by atoms with Gasteiger partial charge in [0.05, 0.1) is 13.2 Å². The number of rotatable bonds is 6. The summed E-state index contributed by atoms with van der Waals surface area (Å²) in [6.45, 7) is 18.1. The molecule has 2 aliphatic rings. The molecule has 0 spiro atoms. The Bertz CT molecular complexity index is 375. The van der Waals surface area contributed by atoms with Crippen LogP contribution in [0.1, 0.15) is 47.5 Å². The van der Waals surface area contributed by atoms with Crippen molar-refractivity contribution in [3.05, 3.63) is 0 Å². The van der Waals surface area contributed by atoms with Crippen LogP contribution in [-0.4, -0.2) is 85.3 Å². The molecule has 2 fully saturated rings. The first kappa shape index (κ1) is 19.2. The fourth-order valence-electron chi connectivity index (χ4n) is 3.86. The third-order valence-electron chi connectivity index (χ3n) is 5.79. The molecule has 2 saturated heterocycles. The maximum absolute atomic E-state index is 6.17. The molecule has 23 heavy (non-hydrogen) atoms. The second-order valence-corrected chi connectivity index (χ2v) is 9.45. The molecule has 4 heteroatoms. The molecule has 0 aromatic rings. The third kappa shape index (κ3) is 5.15. The van der Waals surface area contributed by atoms with Gasteiger partial charge in [-0.2, -0.15) is 0 Å². The van der Waals surface area contributed by atoms with E-state index in [-0.39, 0.29) is 5.54 Å². The molecule has 0 radical (unpaired) electrons. The van der Waals surface area contributed by atoms with Crippen LogP contribution in [0.3, 0.4) is 0 Å². The molecule has 0 amide bonds. The van der Waals surface area contributed by atoms with Gasteiger partial charge in [-0.15, -0.1) is 0 Å². The Balaban J connectivity index is 1.71. The zero-order valence-corrected chi connectivity index (χ0v) is 16.6. The maximum Gasteiger partial charge on any atom is 0.0645 e. The van der Waals surface area contributed by atoms with Crippen molar-refractivity contribution in [1.82, 2.24) is 14.7 Å². The number of likely N-dealkylation sites (tertiary alicyclic amines) is 2. The number of likely N-dealkylation sites (N-methyl/N-ethyl adjacent to an activating group) is 1. The average molecular weight is 326 g/mol. The summed E-state index contributed by atoms with van der Waals surface area (Å²) >= 11 is 0. The van der Waals surface area contributed by atoms with Crippen molar-refractivity contribution >= 4 is 0 Å². The van der Waals surface area contributed by atoms with Gasteiger partial charge >= 0.3 is 0 Å². The molecule has 2 heterocycles. The third-order valence-corrected chi connectivity index (χ3v) is 5.79. The minimum atomic E-state index is 0.146. The van der Waals surface area contributed by atoms with E-state index in [0.717, 1.165) is 13.2 Å². The van der Waals surface area contributed by atoms with Crippen LogP contribution >= 0.6 is 0 Å². The smallest absolute Gasteiger partial charge is 0.0645 e.